The number of halogens is 2. The van der Waals surface area contributed by atoms with Gasteiger partial charge in [-0.05, 0) is 18.6 Å². The zero-order chi connectivity index (χ0) is 18.7. The van der Waals surface area contributed by atoms with Gasteiger partial charge in [0.1, 0.15) is 0 Å². The van der Waals surface area contributed by atoms with Gasteiger partial charge in [-0.3, -0.25) is 0 Å². The van der Waals surface area contributed by atoms with E-state index in [1.807, 2.05) is 0 Å². The van der Waals surface area contributed by atoms with Crippen molar-refractivity contribution in [1.29, 1.82) is 0 Å². The number of allylic oxidation sites excluding steroid dienone is 1. The van der Waals surface area contributed by atoms with Gasteiger partial charge in [0, 0.05) is 7.11 Å². The van der Waals surface area contributed by atoms with Crippen LogP contribution in [0.1, 0.15) is 12.5 Å². The first-order chi connectivity index (χ1) is 11.9. The number of hydrogen-bond donors (Lipinski definition) is 1. The zero-order valence-electron chi connectivity index (χ0n) is 14.1. The van der Waals surface area contributed by atoms with Crippen molar-refractivity contribution in [1.82, 2.24) is 0 Å². The largest absolute Gasteiger partial charge is 0.479 e. The van der Waals surface area contributed by atoms with Crippen LogP contribution in [0.3, 0.4) is 0 Å². The fourth-order valence-electron chi connectivity index (χ4n) is 1.89. The third kappa shape index (κ3) is 6.77. The molecule has 1 aromatic carbocycles. The van der Waals surface area contributed by atoms with Crippen molar-refractivity contribution in [3.63, 3.8) is 0 Å². The van der Waals surface area contributed by atoms with Gasteiger partial charge >= 0.3 is 11.9 Å². The van der Waals surface area contributed by atoms with E-state index in [0.717, 1.165) is 6.08 Å². The molecule has 0 radical (unpaired) electrons. The number of methoxy groups -OCH3 is 1. The molecule has 0 spiro atoms. The van der Waals surface area contributed by atoms with Gasteiger partial charge in [-0.2, -0.15) is 8.78 Å². The average Bonchev–Trinajstić information content (AvgIpc) is 2.58. The van der Waals surface area contributed by atoms with Gasteiger partial charge in [0.2, 0.25) is 6.10 Å². The van der Waals surface area contributed by atoms with Gasteiger partial charge < -0.3 is 24.1 Å². The predicted molar refractivity (Wildman–Crippen MR) is 85.1 cm³/mol. The minimum absolute atomic E-state index is 0.159. The molecule has 0 aliphatic rings. The van der Waals surface area contributed by atoms with E-state index in [9.17, 15) is 13.6 Å². The van der Waals surface area contributed by atoms with E-state index in [2.05, 4.69) is 0 Å². The van der Waals surface area contributed by atoms with Gasteiger partial charge in [0.25, 0.3) is 0 Å². The van der Waals surface area contributed by atoms with Gasteiger partial charge in [0.15, 0.2) is 12.6 Å². The van der Waals surface area contributed by atoms with E-state index in [1.54, 1.807) is 30.3 Å². The first kappa shape index (κ1) is 21.0. The summed E-state index contributed by atoms with van der Waals surface area (Å²) < 4.78 is 48.5. The molecule has 140 valence electrons. The van der Waals surface area contributed by atoms with Crippen LogP contribution in [-0.4, -0.2) is 50.2 Å². The monoisotopic (exact) mass is 360 g/mol. The van der Waals surface area contributed by atoms with Crippen molar-refractivity contribution in [3.8, 4) is 0 Å². The highest BCUT2D eigenvalue weighted by atomic mass is 19.3. The highest BCUT2D eigenvalue weighted by molar-refractivity contribution is 5.74. The van der Waals surface area contributed by atoms with Crippen molar-refractivity contribution in [3.05, 3.63) is 47.7 Å². The van der Waals surface area contributed by atoms with Crippen molar-refractivity contribution >= 4 is 5.97 Å². The standard InChI is InChI=1S/C17H22F2O6/c1-3-14(25-12-23-10-9-22-2)17(18,19)15(16(20)21)24-11-13-7-5-4-6-8-13/h3-8,15H,9-12H2,1-2H3,(H,20,21). The Labute approximate surface area is 144 Å². The molecule has 1 N–H and O–H groups in total. The summed E-state index contributed by atoms with van der Waals surface area (Å²) in [6.07, 6.45) is -1.40. The number of rotatable bonds is 12. The molecular formula is C17H22F2O6. The normalized spacial score (nSPS) is 13.5. The number of alkyl halides is 2. The minimum Gasteiger partial charge on any atom is -0.479 e. The number of carboxylic acids is 1. The molecule has 0 saturated carbocycles. The molecule has 0 aromatic heterocycles. The topological polar surface area (TPSA) is 74.2 Å². The molecule has 0 bridgehead atoms. The Morgan fingerprint density at radius 1 is 1.28 bits per heavy atom. The van der Waals surface area contributed by atoms with Gasteiger partial charge in [0.05, 0.1) is 19.8 Å². The van der Waals surface area contributed by atoms with Crippen molar-refractivity contribution in [2.75, 3.05) is 27.1 Å². The second-order valence-electron chi connectivity index (χ2n) is 4.95. The number of carbonyl (C=O) groups is 1. The number of benzene rings is 1. The fraction of sp³-hybridized carbons (Fsp3) is 0.471. The molecule has 1 aromatic rings. The summed E-state index contributed by atoms with van der Waals surface area (Å²) in [5, 5.41) is 9.14. The van der Waals surface area contributed by atoms with Crippen molar-refractivity contribution in [2.24, 2.45) is 0 Å². The maximum atomic E-state index is 14.5. The lowest BCUT2D eigenvalue weighted by atomic mass is 10.1. The summed E-state index contributed by atoms with van der Waals surface area (Å²) in [6, 6.07) is 8.44. The van der Waals surface area contributed by atoms with Gasteiger partial charge in [-0.15, -0.1) is 0 Å². The average molecular weight is 360 g/mol. The molecule has 1 rings (SSSR count). The lowest BCUT2D eigenvalue weighted by Gasteiger charge is -2.26. The Morgan fingerprint density at radius 3 is 2.52 bits per heavy atom. The van der Waals surface area contributed by atoms with Crippen LogP contribution >= 0.6 is 0 Å². The van der Waals surface area contributed by atoms with E-state index < -0.39 is 30.5 Å². The Balaban J connectivity index is 2.71. The molecule has 1 unspecified atom stereocenters. The molecule has 0 amide bonds. The summed E-state index contributed by atoms with van der Waals surface area (Å²) in [7, 11) is 1.47. The SMILES string of the molecule is CC=C(OCOCCOC)C(F)(F)C(OCc1ccccc1)C(=O)O. The van der Waals surface area contributed by atoms with Crippen LogP contribution < -0.4 is 0 Å². The van der Waals surface area contributed by atoms with E-state index in [0.29, 0.717) is 5.56 Å². The molecule has 8 heteroatoms. The number of ether oxygens (including phenoxy) is 4. The quantitative estimate of drug-likeness (QED) is 0.351. The second kappa shape index (κ2) is 10.8. The second-order valence-corrected chi connectivity index (χ2v) is 4.95. The van der Waals surface area contributed by atoms with Crippen LogP contribution in [-0.2, 0) is 30.3 Å². The third-order valence-electron chi connectivity index (χ3n) is 3.13. The molecule has 0 saturated heterocycles. The van der Waals surface area contributed by atoms with E-state index in [-0.39, 0.29) is 19.8 Å². The fourth-order valence-corrected chi connectivity index (χ4v) is 1.89. The molecule has 0 heterocycles. The first-order valence-electron chi connectivity index (χ1n) is 7.55. The van der Waals surface area contributed by atoms with Crippen LogP contribution in [0.2, 0.25) is 0 Å². The van der Waals surface area contributed by atoms with Crippen LogP contribution in [0.15, 0.2) is 42.2 Å². The first-order valence-corrected chi connectivity index (χ1v) is 7.55. The molecule has 0 aliphatic carbocycles. The van der Waals surface area contributed by atoms with E-state index in [1.165, 1.54) is 14.0 Å². The maximum Gasteiger partial charge on any atom is 0.340 e. The lowest BCUT2D eigenvalue weighted by molar-refractivity contribution is -0.187. The smallest absolute Gasteiger partial charge is 0.340 e. The van der Waals surface area contributed by atoms with Crippen LogP contribution in [0.25, 0.3) is 0 Å². The highest BCUT2D eigenvalue weighted by Crippen LogP contribution is 2.32. The highest BCUT2D eigenvalue weighted by Gasteiger charge is 2.50. The summed E-state index contributed by atoms with van der Waals surface area (Å²) in [5.74, 6) is -6.48. The van der Waals surface area contributed by atoms with Gasteiger partial charge in [-0.1, -0.05) is 30.3 Å². The molecule has 1 atom stereocenters. The Kier molecular flexibility index (Phi) is 9.04. The zero-order valence-corrected chi connectivity index (χ0v) is 14.1. The summed E-state index contributed by atoms with van der Waals surface area (Å²) in [5.41, 5.74) is 0.579. The minimum atomic E-state index is -3.86. The number of carboxylic acid groups (broad SMARTS) is 1. The molecule has 0 fully saturated rings. The van der Waals surface area contributed by atoms with Crippen molar-refractivity contribution < 1.29 is 37.6 Å². The summed E-state index contributed by atoms with van der Waals surface area (Å²) in [6.45, 7) is 1.03. The van der Waals surface area contributed by atoms with E-state index in [4.69, 9.17) is 24.1 Å². The molecular weight excluding hydrogens is 338 g/mol. The van der Waals surface area contributed by atoms with Crippen molar-refractivity contribution in [2.45, 2.75) is 25.6 Å². The van der Waals surface area contributed by atoms with Crippen LogP contribution in [0.5, 0.6) is 0 Å². The maximum absolute atomic E-state index is 14.5. The number of hydrogen-bond acceptors (Lipinski definition) is 5. The molecule has 0 aliphatic heterocycles. The molecule has 6 nitrogen and oxygen atoms in total. The predicted octanol–water partition coefficient (Wildman–Crippen LogP) is 2.83. The molecule has 25 heavy (non-hydrogen) atoms. The van der Waals surface area contributed by atoms with Crippen LogP contribution in [0, 0.1) is 0 Å². The Hall–Kier alpha value is -2.03. The third-order valence-corrected chi connectivity index (χ3v) is 3.13. The Bertz CT molecular complexity index is 547. The van der Waals surface area contributed by atoms with E-state index >= 15 is 0 Å². The lowest BCUT2D eigenvalue weighted by Crippen LogP contribution is -2.44. The summed E-state index contributed by atoms with van der Waals surface area (Å²) >= 11 is 0. The Morgan fingerprint density at radius 2 is 1.96 bits per heavy atom. The van der Waals surface area contributed by atoms with Crippen LogP contribution in [0.4, 0.5) is 8.78 Å². The summed E-state index contributed by atoms with van der Waals surface area (Å²) in [4.78, 5) is 11.3. The van der Waals surface area contributed by atoms with Gasteiger partial charge in [-0.25, -0.2) is 4.79 Å². The number of aliphatic carboxylic acids is 1.